The van der Waals surface area contributed by atoms with Gasteiger partial charge in [-0.25, -0.2) is 0 Å². The molecule has 0 aliphatic carbocycles. The van der Waals surface area contributed by atoms with Gasteiger partial charge in [0.15, 0.2) is 0 Å². The predicted molar refractivity (Wildman–Crippen MR) is 119 cm³/mol. The standard InChI is InChI=1S/C26H26N2O/c1-18-8-5-11-22(14-18)25-20(3)26(23-12-6-9-19(2)15-23)28(27-25)17-21-10-7-13-24(16-21)29-4/h5-16H,17H2,1-4H3. The molecule has 0 saturated heterocycles. The maximum atomic E-state index is 5.40. The minimum Gasteiger partial charge on any atom is -0.497 e. The molecule has 29 heavy (non-hydrogen) atoms. The number of aryl methyl sites for hydroxylation is 2. The second kappa shape index (κ2) is 7.96. The van der Waals surface area contributed by atoms with E-state index in [1.54, 1.807) is 7.11 Å². The molecule has 4 aromatic rings. The summed E-state index contributed by atoms with van der Waals surface area (Å²) in [4.78, 5) is 0. The van der Waals surface area contributed by atoms with Crippen molar-refractivity contribution in [3.8, 4) is 28.3 Å². The molecule has 3 heteroatoms. The Morgan fingerprint density at radius 1 is 0.793 bits per heavy atom. The highest BCUT2D eigenvalue weighted by molar-refractivity contribution is 5.74. The summed E-state index contributed by atoms with van der Waals surface area (Å²) >= 11 is 0. The summed E-state index contributed by atoms with van der Waals surface area (Å²) < 4.78 is 7.53. The first-order valence-corrected chi connectivity index (χ1v) is 9.89. The Hall–Kier alpha value is -3.33. The molecular weight excluding hydrogens is 356 g/mol. The molecule has 0 atom stereocenters. The first kappa shape index (κ1) is 19.0. The van der Waals surface area contributed by atoms with Crippen LogP contribution in [0.4, 0.5) is 0 Å². The van der Waals surface area contributed by atoms with Crippen molar-refractivity contribution in [2.45, 2.75) is 27.3 Å². The Labute approximate surface area is 172 Å². The molecule has 0 fully saturated rings. The predicted octanol–water partition coefficient (Wildman–Crippen LogP) is 6.20. The minimum atomic E-state index is 0.688. The zero-order chi connectivity index (χ0) is 20.4. The van der Waals surface area contributed by atoms with Gasteiger partial charge in [-0.3, -0.25) is 4.68 Å². The van der Waals surface area contributed by atoms with Crippen molar-refractivity contribution in [3.63, 3.8) is 0 Å². The average molecular weight is 383 g/mol. The number of rotatable bonds is 5. The van der Waals surface area contributed by atoms with Crippen LogP contribution in [0.5, 0.6) is 5.75 Å². The summed E-state index contributed by atoms with van der Waals surface area (Å²) in [5.74, 6) is 0.863. The normalized spacial score (nSPS) is 10.9. The lowest BCUT2D eigenvalue weighted by Crippen LogP contribution is -2.04. The van der Waals surface area contributed by atoms with E-state index in [1.807, 2.05) is 12.1 Å². The third kappa shape index (κ3) is 3.95. The molecule has 3 aromatic carbocycles. The number of nitrogens with zero attached hydrogens (tertiary/aromatic N) is 2. The van der Waals surface area contributed by atoms with Crippen molar-refractivity contribution in [3.05, 3.63) is 95.1 Å². The van der Waals surface area contributed by atoms with Crippen molar-refractivity contribution in [2.24, 2.45) is 0 Å². The highest BCUT2D eigenvalue weighted by Crippen LogP contribution is 2.33. The Bertz CT molecular complexity index is 1160. The fourth-order valence-electron chi connectivity index (χ4n) is 3.83. The topological polar surface area (TPSA) is 27.1 Å². The lowest BCUT2D eigenvalue weighted by Gasteiger charge is -2.10. The Kier molecular flexibility index (Phi) is 5.22. The van der Waals surface area contributed by atoms with Gasteiger partial charge in [-0.05, 0) is 50.6 Å². The molecule has 146 valence electrons. The summed E-state index contributed by atoms with van der Waals surface area (Å²) in [6.07, 6.45) is 0. The van der Waals surface area contributed by atoms with Crippen LogP contribution in [0.3, 0.4) is 0 Å². The van der Waals surface area contributed by atoms with Gasteiger partial charge in [-0.2, -0.15) is 5.10 Å². The van der Waals surface area contributed by atoms with E-state index in [1.165, 1.54) is 22.3 Å². The molecule has 0 unspecified atom stereocenters. The molecule has 1 heterocycles. The van der Waals surface area contributed by atoms with Gasteiger partial charge in [0.2, 0.25) is 0 Å². The van der Waals surface area contributed by atoms with Crippen LogP contribution in [0, 0.1) is 20.8 Å². The number of hydrogen-bond donors (Lipinski definition) is 0. The Morgan fingerprint density at radius 3 is 2.14 bits per heavy atom. The van der Waals surface area contributed by atoms with E-state index in [2.05, 4.69) is 86.1 Å². The first-order chi connectivity index (χ1) is 14.0. The van der Waals surface area contributed by atoms with Gasteiger partial charge in [-0.1, -0.05) is 59.7 Å². The molecule has 0 radical (unpaired) electrons. The van der Waals surface area contributed by atoms with Crippen LogP contribution in [-0.4, -0.2) is 16.9 Å². The van der Waals surface area contributed by atoms with Gasteiger partial charge in [0, 0.05) is 16.7 Å². The van der Waals surface area contributed by atoms with Crippen molar-refractivity contribution < 1.29 is 4.74 Å². The highest BCUT2D eigenvalue weighted by Gasteiger charge is 2.18. The van der Waals surface area contributed by atoms with Gasteiger partial charge in [0.25, 0.3) is 0 Å². The van der Waals surface area contributed by atoms with Crippen LogP contribution in [0.15, 0.2) is 72.8 Å². The van der Waals surface area contributed by atoms with Crippen molar-refractivity contribution in [1.29, 1.82) is 0 Å². The number of ether oxygens (including phenoxy) is 1. The van der Waals surface area contributed by atoms with Gasteiger partial charge >= 0.3 is 0 Å². The van der Waals surface area contributed by atoms with Crippen LogP contribution in [-0.2, 0) is 6.54 Å². The number of benzene rings is 3. The number of aromatic nitrogens is 2. The third-order valence-electron chi connectivity index (χ3n) is 5.24. The van der Waals surface area contributed by atoms with Crippen molar-refractivity contribution >= 4 is 0 Å². The largest absolute Gasteiger partial charge is 0.497 e. The summed E-state index contributed by atoms with van der Waals surface area (Å²) in [5, 5.41) is 5.05. The maximum Gasteiger partial charge on any atom is 0.119 e. The number of hydrogen-bond acceptors (Lipinski definition) is 2. The van der Waals surface area contributed by atoms with E-state index in [0.29, 0.717) is 6.54 Å². The molecule has 1 aromatic heterocycles. The van der Waals surface area contributed by atoms with Gasteiger partial charge in [0.05, 0.1) is 25.0 Å². The van der Waals surface area contributed by atoms with Gasteiger partial charge in [0.1, 0.15) is 5.75 Å². The molecule has 0 aliphatic rings. The van der Waals surface area contributed by atoms with E-state index in [4.69, 9.17) is 9.84 Å². The number of methoxy groups -OCH3 is 1. The fourth-order valence-corrected chi connectivity index (χ4v) is 3.83. The highest BCUT2D eigenvalue weighted by atomic mass is 16.5. The zero-order valence-corrected chi connectivity index (χ0v) is 17.4. The molecule has 0 aliphatic heterocycles. The summed E-state index contributed by atoms with van der Waals surface area (Å²) in [7, 11) is 1.70. The van der Waals surface area contributed by atoms with Gasteiger partial charge in [-0.15, -0.1) is 0 Å². The van der Waals surface area contributed by atoms with Crippen molar-refractivity contribution in [1.82, 2.24) is 9.78 Å². The van der Waals surface area contributed by atoms with Crippen LogP contribution in [0.1, 0.15) is 22.3 Å². The maximum absolute atomic E-state index is 5.40. The zero-order valence-electron chi connectivity index (χ0n) is 17.4. The van der Waals surface area contributed by atoms with E-state index in [0.717, 1.165) is 28.3 Å². The summed E-state index contributed by atoms with van der Waals surface area (Å²) in [6.45, 7) is 7.11. The molecule has 3 nitrogen and oxygen atoms in total. The lowest BCUT2D eigenvalue weighted by atomic mass is 10.0. The Balaban J connectivity index is 1.87. The summed E-state index contributed by atoms with van der Waals surface area (Å²) in [5.41, 5.74) is 9.38. The molecule has 0 N–H and O–H groups in total. The second-order valence-corrected chi connectivity index (χ2v) is 7.57. The molecule has 0 saturated carbocycles. The Morgan fingerprint density at radius 2 is 1.45 bits per heavy atom. The SMILES string of the molecule is COc1cccc(Cn2nc(-c3cccc(C)c3)c(C)c2-c2cccc(C)c2)c1. The van der Waals surface area contributed by atoms with Crippen LogP contribution in [0.25, 0.3) is 22.5 Å². The fraction of sp³-hybridized carbons (Fsp3) is 0.192. The molecule has 0 amide bonds. The van der Waals surface area contributed by atoms with Crippen molar-refractivity contribution in [2.75, 3.05) is 7.11 Å². The molecule has 0 bridgehead atoms. The minimum absolute atomic E-state index is 0.688. The molecule has 4 rings (SSSR count). The quantitative estimate of drug-likeness (QED) is 0.411. The first-order valence-electron chi connectivity index (χ1n) is 9.89. The summed E-state index contributed by atoms with van der Waals surface area (Å²) in [6, 6.07) is 25.4. The average Bonchev–Trinajstić information content (AvgIpc) is 3.04. The van der Waals surface area contributed by atoms with E-state index >= 15 is 0 Å². The van der Waals surface area contributed by atoms with Crippen LogP contribution >= 0.6 is 0 Å². The monoisotopic (exact) mass is 382 g/mol. The van der Waals surface area contributed by atoms with Crippen LogP contribution in [0.2, 0.25) is 0 Å². The van der Waals surface area contributed by atoms with E-state index in [-0.39, 0.29) is 0 Å². The molecular formula is C26H26N2O. The van der Waals surface area contributed by atoms with E-state index in [9.17, 15) is 0 Å². The lowest BCUT2D eigenvalue weighted by molar-refractivity contribution is 0.414. The molecule has 0 spiro atoms. The second-order valence-electron chi connectivity index (χ2n) is 7.57. The van der Waals surface area contributed by atoms with Crippen LogP contribution < -0.4 is 4.74 Å². The van der Waals surface area contributed by atoms with E-state index < -0.39 is 0 Å². The third-order valence-corrected chi connectivity index (χ3v) is 5.24. The smallest absolute Gasteiger partial charge is 0.119 e. The van der Waals surface area contributed by atoms with Gasteiger partial charge < -0.3 is 4.74 Å².